The van der Waals surface area contributed by atoms with E-state index in [4.69, 9.17) is 4.74 Å². The first-order valence-electron chi connectivity index (χ1n) is 7.96. The Hall–Kier alpha value is -1.33. The van der Waals surface area contributed by atoms with E-state index < -0.39 is 0 Å². The minimum Gasteiger partial charge on any atom is -0.444 e. The van der Waals surface area contributed by atoms with Crippen molar-refractivity contribution in [3.8, 4) is 0 Å². The lowest BCUT2D eigenvalue weighted by Gasteiger charge is -2.38. The molecule has 1 heterocycles. The first-order valence-corrected chi connectivity index (χ1v) is 7.96. The highest BCUT2D eigenvalue weighted by Gasteiger charge is 2.30. The molecular formula is C17H26ClFN2O2. The van der Waals surface area contributed by atoms with Crippen molar-refractivity contribution in [1.82, 2.24) is 10.2 Å². The van der Waals surface area contributed by atoms with Crippen molar-refractivity contribution in [3.05, 3.63) is 35.1 Å². The zero-order chi connectivity index (χ0) is 16.1. The van der Waals surface area contributed by atoms with Crippen LogP contribution in [0.4, 0.5) is 9.18 Å². The Labute approximate surface area is 143 Å². The number of piperazine rings is 1. The van der Waals surface area contributed by atoms with Crippen LogP contribution in [0.25, 0.3) is 0 Å². The molecule has 1 N–H and O–H groups in total. The van der Waals surface area contributed by atoms with Gasteiger partial charge in [0.05, 0.1) is 0 Å². The van der Waals surface area contributed by atoms with Crippen LogP contribution < -0.4 is 5.32 Å². The van der Waals surface area contributed by atoms with Crippen LogP contribution >= 0.6 is 12.4 Å². The van der Waals surface area contributed by atoms with Crippen molar-refractivity contribution in [1.29, 1.82) is 0 Å². The minimum absolute atomic E-state index is 0. The number of rotatable bonds is 4. The maximum atomic E-state index is 14.0. The number of hydrogen-bond donors (Lipinski definition) is 1. The van der Waals surface area contributed by atoms with E-state index in [0.29, 0.717) is 5.56 Å². The van der Waals surface area contributed by atoms with Crippen LogP contribution in [0.15, 0.2) is 18.2 Å². The van der Waals surface area contributed by atoms with Crippen molar-refractivity contribution in [2.45, 2.75) is 52.3 Å². The van der Waals surface area contributed by atoms with Crippen LogP contribution in [0.5, 0.6) is 0 Å². The van der Waals surface area contributed by atoms with Crippen LogP contribution in [0.2, 0.25) is 0 Å². The molecule has 6 heteroatoms. The van der Waals surface area contributed by atoms with Gasteiger partial charge in [0, 0.05) is 30.7 Å². The van der Waals surface area contributed by atoms with Crippen molar-refractivity contribution in [2.24, 2.45) is 0 Å². The van der Waals surface area contributed by atoms with Crippen LogP contribution in [-0.2, 0) is 17.8 Å². The lowest BCUT2D eigenvalue weighted by Crippen LogP contribution is -2.57. The number of nitrogens with one attached hydrogen (secondary N) is 1. The second-order valence-electron chi connectivity index (χ2n) is 5.99. The van der Waals surface area contributed by atoms with Crippen molar-refractivity contribution >= 4 is 18.5 Å². The maximum Gasteiger partial charge on any atom is 0.410 e. The highest BCUT2D eigenvalue weighted by atomic mass is 35.5. The average molecular weight is 345 g/mol. The summed E-state index contributed by atoms with van der Waals surface area (Å²) >= 11 is 0. The van der Waals surface area contributed by atoms with Gasteiger partial charge in [-0.2, -0.15) is 0 Å². The molecule has 130 valence electrons. The molecule has 4 nitrogen and oxygen atoms in total. The highest BCUT2D eigenvalue weighted by Crippen LogP contribution is 2.16. The molecule has 1 fully saturated rings. The quantitative estimate of drug-likeness (QED) is 0.908. The summed E-state index contributed by atoms with van der Waals surface area (Å²) in [5.74, 6) is -0.305. The van der Waals surface area contributed by atoms with E-state index in [2.05, 4.69) is 12.2 Å². The van der Waals surface area contributed by atoms with E-state index in [1.165, 1.54) is 6.07 Å². The topological polar surface area (TPSA) is 41.6 Å². The number of nitrogens with zero attached hydrogens (tertiary/aromatic N) is 1. The molecule has 1 aromatic carbocycles. The summed E-state index contributed by atoms with van der Waals surface area (Å²) in [5, 5.41) is 3.26. The number of ether oxygens (including phenoxy) is 1. The number of benzene rings is 1. The molecule has 0 unspecified atom stereocenters. The summed E-state index contributed by atoms with van der Waals surface area (Å²) < 4.78 is 19.3. The summed E-state index contributed by atoms with van der Waals surface area (Å²) in [6.07, 6.45) is 1.46. The lowest BCUT2D eigenvalue weighted by atomic mass is 10.1. The second kappa shape index (κ2) is 9.08. The molecule has 0 aromatic heterocycles. The van der Waals surface area contributed by atoms with E-state index in [-0.39, 0.29) is 43.0 Å². The largest absolute Gasteiger partial charge is 0.444 e. The smallest absolute Gasteiger partial charge is 0.410 e. The van der Waals surface area contributed by atoms with Gasteiger partial charge < -0.3 is 15.0 Å². The molecule has 2 atom stereocenters. The molecule has 2 rings (SSSR count). The molecule has 0 spiro atoms. The molecule has 0 saturated carbocycles. The number of amides is 1. The van der Waals surface area contributed by atoms with Gasteiger partial charge in [0.1, 0.15) is 12.4 Å². The highest BCUT2D eigenvalue weighted by molar-refractivity contribution is 5.85. The Kier molecular flexibility index (Phi) is 7.79. The number of aryl methyl sites for hydroxylation is 1. The van der Waals surface area contributed by atoms with Gasteiger partial charge in [0.2, 0.25) is 0 Å². The molecule has 23 heavy (non-hydrogen) atoms. The summed E-state index contributed by atoms with van der Waals surface area (Å²) in [6.45, 7) is 7.48. The number of carbonyl (C=O) groups excluding carboxylic acids is 1. The van der Waals surface area contributed by atoms with Crippen LogP contribution in [0.1, 0.15) is 38.3 Å². The molecule has 0 aliphatic carbocycles. The van der Waals surface area contributed by atoms with E-state index in [0.717, 1.165) is 31.5 Å². The predicted octanol–water partition coefficient (Wildman–Crippen LogP) is 3.52. The van der Waals surface area contributed by atoms with Gasteiger partial charge in [0.25, 0.3) is 0 Å². The summed E-state index contributed by atoms with van der Waals surface area (Å²) in [5.41, 5.74) is 1.39. The predicted molar refractivity (Wildman–Crippen MR) is 91.5 cm³/mol. The van der Waals surface area contributed by atoms with Crippen molar-refractivity contribution in [2.75, 3.05) is 13.1 Å². The molecule has 1 aliphatic rings. The third kappa shape index (κ3) is 5.08. The number of hydrogen-bond acceptors (Lipinski definition) is 3. The molecule has 1 amide bonds. The molecule has 0 bridgehead atoms. The van der Waals surface area contributed by atoms with Crippen molar-refractivity contribution in [3.63, 3.8) is 0 Å². The van der Waals surface area contributed by atoms with Crippen LogP contribution in [-0.4, -0.2) is 36.2 Å². The van der Waals surface area contributed by atoms with Gasteiger partial charge in [-0.1, -0.05) is 25.5 Å². The number of carbonyl (C=O) groups is 1. The van der Waals surface area contributed by atoms with E-state index >= 15 is 0 Å². The van der Waals surface area contributed by atoms with Crippen LogP contribution in [0, 0.1) is 5.82 Å². The molecule has 1 saturated heterocycles. The third-order valence-electron chi connectivity index (χ3n) is 4.05. The molecule has 1 aromatic rings. The third-order valence-corrected chi connectivity index (χ3v) is 4.05. The Morgan fingerprint density at radius 1 is 1.35 bits per heavy atom. The van der Waals surface area contributed by atoms with Gasteiger partial charge >= 0.3 is 6.09 Å². The first-order chi connectivity index (χ1) is 10.5. The molecule has 1 aliphatic heterocycles. The van der Waals surface area contributed by atoms with Gasteiger partial charge in [-0.05, 0) is 31.9 Å². The van der Waals surface area contributed by atoms with Gasteiger partial charge in [0.15, 0.2) is 0 Å². The normalized spacial score (nSPS) is 20.8. The van der Waals surface area contributed by atoms with Gasteiger partial charge in [-0.15, -0.1) is 12.4 Å². The average Bonchev–Trinajstić information content (AvgIpc) is 2.46. The fraction of sp³-hybridized carbons (Fsp3) is 0.588. The van der Waals surface area contributed by atoms with Gasteiger partial charge in [-0.25, -0.2) is 9.18 Å². The molecule has 0 radical (unpaired) electrons. The van der Waals surface area contributed by atoms with E-state index in [9.17, 15) is 9.18 Å². The summed E-state index contributed by atoms with van der Waals surface area (Å²) in [7, 11) is 0. The Morgan fingerprint density at radius 3 is 2.57 bits per heavy atom. The SMILES string of the molecule is CCCc1ccc(COC(=O)N2[C@H](C)CNC[C@@H]2C)c(F)c1.Cl. The maximum absolute atomic E-state index is 14.0. The second-order valence-corrected chi connectivity index (χ2v) is 5.99. The Bertz CT molecular complexity index is 517. The Balaban J connectivity index is 0.00000264. The van der Waals surface area contributed by atoms with Crippen LogP contribution in [0.3, 0.4) is 0 Å². The van der Waals surface area contributed by atoms with E-state index in [1.54, 1.807) is 11.0 Å². The summed E-state index contributed by atoms with van der Waals surface area (Å²) in [6, 6.07) is 5.29. The zero-order valence-corrected chi connectivity index (χ0v) is 14.8. The van der Waals surface area contributed by atoms with Crippen molar-refractivity contribution < 1.29 is 13.9 Å². The molecular weight excluding hydrogens is 319 g/mol. The fourth-order valence-electron chi connectivity index (χ4n) is 2.86. The Morgan fingerprint density at radius 2 is 2.00 bits per heavy atom. The minimum atomic E-state index is -0.376. The van der Waals surface area contributed by atoms with Gasteiger partial charge in [-0.3, -0.25) is 0 Å². The first kappa shape index (κ1) is 19.7. The zero-order valence-electron chi connectivity index (χ0n) is 14.0. The van der Waals surface area contributed by atoms with E-state index in [1.807, 2.05) is 19.9 Å². The number of halogens is 2. The fourth-order valence-corrected chi connectivity index (χ4v) is 2.86. The summed E-state index contributed by atoms with van der Waals surface area (Å²) in [4.78, 5) is 13.9. The monoisotopic (exact) mass is 344 g/mol. The lowest BCUT2D eigenvalue weighted by molar-refractivity contribution is 0.0558. The standard InChI is InChI=1S/C17H25FN2O2.ClH/c1-4-5-14-6-7-15(16(18)8-14)11-22-17(21)20-12(2)9-19-10-13(20)3;/h6-8,12-13,19H,4-5,9-11H2,1-3H3;1H/t12-,13+;.